The molecular weight excluding hydrogens is 285 g/mol. The molecule has 1 N–H and O–H groups in total. The van der Waals surface area contributed by atoms with Crippen molar-refractivity contribution >= 4 is 0 Å². The maximum Gasteiger partial charge on any atom is 0.416 e. The number of hydrogen-bond donors (Lipinski definition) is 1. The average Bonchev–Trinajstić information content (AvgIpc) is 2.46. The maximum atomic E-state index is 12.5. The Bertz CT molecular complexity index is 579. The van der Waals surface area contributed by atoms with E-state index >= 15 is 0 Å². The number of para-hydroxylation sites is 2. The summed E-state index contributed by atoms with van der Waals surface area (Å²) in [5, 5.41) is 8.74. The molecule has 0 aliphatic carbocycles. The van der Waals surface area contributed by atoms with Crippen molar-refractivity contribution in [2.45, 2.75) is 6.18 Å². The minimum absolute atomic E-state index is 0.105. The lowest BCUT2D eigenvalue weighted by Crippen LogP contribution is -2.04. The standard InChI is InChI=1S/C15H13F3O3/c16-15(17,18)11-5-7-12(8-6-11)21-14-4-2-1-3-13(14)20-10-9-19/h1-8,19H,9-10H2. The monoisotopic (exact) mass is 298 g/mol. The third-order valence-electron chi connectivity index (χ3n) is 2.61. The summed E-state index contributed by atoms with van der Waals surface area (Å²) in [6, 6.07) is 11.1. The first kappa shape index (κ1) is 15.2. The fourth-order valence-corrected chi connectivity index (χ4v) is 1.65. The van der Waals surface area contributed by atoms with Crippen molar-refractivity contribution in [3.8, 4) is 17.2 Å². The highest BCUT2D eigenvalue weighted by atomic mass is 19.4. The number of halogens is 3. The highest BCUT2D eigenvalue weighted by Crippen LogP contribution is 2.34. The van der Waals surface area contributed by atoms with Crippen LogP contribution in [0.2, 0.25) is 0 Å². The second-order valence-corrected chi connectivity index (χ2v) is 4.14. The Morgan fingerprint density at radius 3 is 2.10 bits per heavy atom. The van der Waals surface area contributed by atoms with Crippen LogP contribution in [0.1, 0.15) is 5.56 Å². The van der Waals surface area contributed by atoms with Gasteiger partial charge in [-0.05, 0) is 36.4 Å². The van der Waals surface area contributed by atoms with Gasteiger partial charge in [-0.25, -0.2) is 0 Å². The number of benzene rings is 2. The van der Waals surface area contributed by atoms with Gasteiger partial charge >= 0.3 is 6.18 Å². The Balaban J connectivity index is 2.15. The molecule has 0 fully saturated rings. The molecule has 0 spiro atoms. The maximum absolute atomic E-state index is 12.5. The molecule has 0 amide bonds. The molecule has 0 heterocycles. The van der Waals surface area contributed by atoms with Crippen molar-refractivity contribution < 1.29 is 27.8 Å². The molecule has 2 aromatic carbocycles. The molecule has 0 aromatic heterocycles. The molecule has 0 saturated heterocycles. The summed E-state index contributed by atoms with van der Waals surface area (Å²) in [6.07, 6.45) is -4.37. The molecule has 2 aromatic rings. The lowest BCUT2D eigenvalue weighted by Gasteiger charge is -2.12. The first-order valence-corrected chi connectivity index (χ1v) is 6.18. The molecule has 21 heavy (non-hydrogen) atoms. The van der Waals surface area contributed by atoms with Gasteiger partial charge in [0.1, 0.15) is 12.4 Å². The molecule has 0 aliphatic rings. The minimum Gasteiger partial charge on any atom is -0.487 e. The number of hydrogen-bond acceptors (Lipinski definition) is 3. The predicted molar refractivity (Wildman–Crippen MR) is 70.5 cm³/mol. The van der Waals surface area contributed by atoms with E-state index in [0.29, 0.717) is 11.5 Å². The molecule has 112 valence electrons. The predicted octanol–water partition coefficient (Wildman–Crippen LogP) is 3.87. The summed E-state index contributed by atoms with van der Waals surface area (Å²) in [4.78, 5) is 0. The van der Waals surface area contributed by atoms with Gasteiger partial charge in [0.05, 0.1) is 12.2 Å². The van der Waals surface area contributed by atoms with E-state index in [4.69, 9.17) is 14.6 Å². The molecule has 0 radical (unpaired) electrons. The Kier molecular flexibility index (Phi) is 4.70. The van der Waals surface area contributed by atoms with Crippen LogP contribution in [0.15, 0.2) is 48.5 Å². The molecule has 0 bridgehead atoms. The van der Waals surface area contributed by atoms with Gasteiger partial charge in [-0.15, -0.1) is 0 Å². The molecule has 3 nitrogen and oxygen atoms in total. The van der Waals surface area contributed by atoms with E-state index in [1.54, 1.807) is 24.3 Å². The van der Waals surface area contributed by atoms with E-state index in [-0.39, 0.29) is 19.0 Å². The number of rotatable bonds is 5. The Hall–Kier alpha value is -2.21. The van der Waals surface area contributed by atoms with Gasteiger partial charge in [-0.1, -0.05) is 12.1 Å². The topological polar surface area (TPSA) is 38.7 Å². The van der Waals surface area contributed by atoms with Crippen LogP contribution in [-0.2, 0) is 6.18 Å². The number of aliphatic hydroxyl groups is 1. The zero-order chi connectivity index (χ0) is 15.3. The van der Waals surface area contributed by atoms with E-state index in [2.05, 4.69) is 0 Å². The Labute approximate surface area is 119 Å². The van der Waals surface area contributed by atoms with Crippen molar-refractivity contribution in [2.75, 3.05) is 13.2 Å². The van der Waals surface area contributed by atoms with Crippen molar-refractivity contribution in [2.24, 2.45) is 0 Å². The first-order chi connectivity index (χ1) is 10.0. The van der Waals surface area contributed by atoms with Crippen LogP contribution in [-0.4, -0.2) is 18.3 Å². The van der Waals surface area contributed by atoms with E-state index < -0.39 is 11.7 Å². The number of ether oxygens (including phenoxy) is 2. The molecule has 0 unspecified atom stereocenters. The van der Waals surface area contributed by atoms with Gasteiger partial charge in [-0.2, -0.15) is 13.2 Å². The summed E-state index contributed by atoms with van der Waals surface area (Å²) < 4.78 is 48.2. The van der Waals surface area contributed by atoms with E-state index in [1.165, 1.54) is 12.1 Å². The average molecular weight is 298 g/mol. The van der Waals surface area contributed by atoms with Crippen LogP contribution >= 0.6 is 0 Å². The molecule has 0 aliphatic heterocycles. The van der Waals surface area contributed by atoms with E-state index in [0.717, 1.165) is 12.1 Å². The zero-order valence-electron chi connectivity index (χ0n) is 10.9. The van der Waals surface area contributed by atoms with E-state index in [9.17, 15) is 13.2 Å². The van der Waals surface area contributed by atoms with E-state index in [1.807, 2.05) is 0 Å². The highest BCUT2D eigenvalue weighted by Gasteiger charge is 2.30. The smallest absolute Gasteiger partial charge is 0.416 e. The van der Waals surface area contributed by atoms with Crippen LogP contribution in [0, 0.1) is 0 Å². The van der Waals surface area contributed by atoms with Gasteiger partial charge in [0.15, 0.2) is 11.5 Å². The highest BCUT2D eigenvalue weighted by molar-refractivity contribution is 5.43. The fourth-order valence-electron chi connectivity index (χ4n) is 1.65. The summed E-state index contributed by atoms with van der Waals surface area (Å²) in [5.74, 6) is 1.04. The third kappa shape index (κ3) is 4.13. The van der Waals surface area contributed by atoms with Crippen LogP contribution in [0.25, 0.3) is 0 Å². The van der Waals surface area contributed by atoms with Gasteiger partial charge in [0.25, 0.3) is 0 Å². The zero-order valence-corrected chi connectivity index (χ0v) is 10.9. The van der Waals surface area contributed by atoms with Gasteiger partial charge in [0.2, 0.25) is 0 Å². The summed E-state index contributed by atoms with van der Waals surface area (Å²) >= 11 is 0. The third-order valence-corrected chi connectivity index (χ3v) is 2.61. The van der Waals surface area contributed by atoms with Gasteiger partial charge < -0.3 is 14.6 Å². The van der Waals surface area contributed by atoms with Crippen LogP contribution in [0.4, 0.5) is 13.2 Å². The van der Waals surface area contributed by atoms with Crippen LogP contribution in [0.5, 0.6) is 17.2 Å². The lowest BCUT2D eigenvalue weighted by atomic mass is 10.2. The van der Waals surface area contributed by atoms with Crippen molar-refractivity contribution in [3.05, 3.63) is 54.1 Å². The molecule has 2 rings (SSSR count). The fraction of sp³-hybridized carbons (Fsp3) is 0.200. The summed E-state index contributed by atoms with van der Waals surface area (Å²) in [5.41, 5.74) is -0.736. The lowest BCUT2D eigenvalue weighted by molar-refractivity contribution is -0.137. The number of alkyl halides is 3. The van der Waals surface area contributed by atoms with Crippen LogP contribution < -0.4 is 9.47 Å². The second-order valence-electron chi connectivity index (χ2n) is 4.14. The Morgan fingerprint density at radius 2 is 1.52 bits per heavy atom. The number of aliphatic hydroxyl groups excluding tert-OH is 1. The molecular formula is C15H13F3O3. The summed E-state index contributed by atoms with van der Waals surface area (Å²) in [7, 11) is 0. The normalized spacial score (nSPS) is 11.2. The largest absolute Gasteiger partial charge is 0.487 e. The minimum atomic E-state index is -4.37. The van der Waals surface area contributed by atoms with Crippen LogP contribution in [0.3, 0.4) is 0 Å². The SMILES string of the molecule is OCCOc1ccccc1Oc1ccc(C(F)(F)F)cc1. The molecule has 0 atom stereocenters. The van der Waals surface area contributed by atoms with Crippen molar-refractivity contribution in [1.29, 1.82) is 0 Å². The second kappa shape index (κ2) is 6.49. The quantitative estimate of drug-likeness (QED) is 0.910. The van der Waals surface area contributed by atoms with Gasteiger partial charge in [-0.3, -0.25) is 0 Å². The van der Waals surface area contributed by atoms with Crippen molar-refractivity contribution in [1.82, 2.24) is 0 Å². The summed E-state index contributed by atoms with van der Waals surface area (Å²) in [6.45, 7) is -0.0397. The first-order valence-electron chi connectivity index (χ1n) is 6.18. The molecule has 0 saturated carbocycles. The van der Waals surface area contributed by atoms with Gasteiger partial charge in [0, 0.05) is 0 Å². The molecule has 6 heteroatoms. The van der Waals surface area contributed by atoms with Crippen molar-refractivity contribution in [3.63, 3.8) is 0 Å². The Morgan fingerprint density at radius 1 is 0.905 bits per heavy atom.